The molecule has 20 heavy (non-hydrogen) atoms. The molecule has 0 saturated carbocycles. The van der Waals surface area contributed by atoms with E-state index in [0.29, 0.717) is 4.90 Å². The zero-order valence-electron chi connectivity index (χ0n) is 11.3. The Morgan fingerprint density at radius 3 is 2.25 bits per heavy atom. The van der Waals surface area contributed by atoms with Crippen molar-refractivity contribution < 1.29 is 8.42 Å². The summed E-state index contributed by atoms with van der Waals surface area (Å²) in [5, 5.41) is 0.849. The molecule has 1 heterocycles. The molecule has 2 N–H and O–H groups in total. The zero-order chi connectivity index (χ0) is 14.8. The van der Waals surface area contributed by atoms with Gasteiger partial charge in [0.05, 0.1) is 4.90 Å². The van der Waals surface area contributed by atoms with Gasteiger partial charge in [-0.3, -0.25) is 0 Å². The minimum atomic E-state index is -3.15. The number of nitrogens with two attached hydrogens (primary N) is 1. The van der Waals surface area contributed by atoms with Crippen LogP contribution in [0.2, 0.25) is 0 Å². The molecule has 0 aliphatic heterocycles. The second-order valence-electron chi connectivity index (χ2n) is 4.56. The molecule has 106 valence electrons. The van der Waals surface area contributed by atoms with Gasteiger partial charge in [-0.15, -0.1) is 0 Å². The zero-order valence-corrected chi connectivity index (χ0v) is 12.9. The Bertz CT molecular complexity index is 678. The normalized spacial score (nSPS) is 13.2. The van der Waals surface area contributed by atoms with Crippen LogP contribution in [-0.4, -0.2) is 19.7 Å². The number of hydrogen-bond acceptors (Lipinski definition) is 5. The largest absolute Gasteiger partial charge is 0.324 e. The minimum absolute atomic E-state index is 0.0319. The first kappa shape index (κ1) is 15.0. The van der Waals surface area contributed by atoms with Crippen molar-refractivity contribution in [3.8, 4) is 0 Å². The molecule has 0 saturated heterocycles. The first-order chi connectivity index (χ1) is 9.36. The van der Waals surface area contributed by atoms with Crippen LogP contribution < -0.4 is 5.73 Å². The van der Waals surface area contributed by atoms with Crippen LogP contribution in [0.3, 0.4) is 0 Å². The lowest BCUT2D eigenvalue weighted by atomic mass is 10.2. The fraction of sp³-hybridized carbons (Fsp3) is 0.214. The molecule has 1 aromatic carbocycles. The van der Waals surface area contributed by atoms with Crippen molar-refractivity contribution in [3.05, 3.63) is 48.2 Å². The number of aromatic nitrogens is 1. The highest BCUT2D eigenvalue weighted by Crippen LogP contribution is 2.27. The smallest absolute Gasteiger partial charge is 0.175 e. The summed E-state index contributed by atoms with van der Waals surface area (Å²) < 4.78 is 22.7. The molecule has 0 radical (unpaired) electrons. The second-order valence-corrected chi connectivity index (χ2v) is 7.67. The van der Waals surface area contributed by atoms with Crippen LogP contribution in [-0.2, 0) is 9.84 Å². The molecule has 0 spiro atoms. The molecule has 0 aliphatic rings. The van der Waals surface area contributed by atoms with E-state index in [9.17, 15) is 8.42 Å². The lowest BCUT2D eigenvalue weighted by molar-refractivity contribution is 0.602. The average Bonchev–Trinajstić information content (AvgIpc) is 2.39. The van der Waals surface area contributed by atoms with E-state index in [2.05, 4.69) is 4.98 Å². The molecule has 6 heteroatoms. The van der Waals surface area contributed by atoms with Gasteiger partial charge in [0.1, 0.15) is 5.03 Å². The number of nitrogens with zero attached hydrogens (tertiary/aromatic N) is 1. The number of sulfone groups is 1. The van der Waals surface area contributed by atoms with Crippen LogP contribution in [0.4, 0.5) is 0 Å². The highest BCUT2D eigenvalue weighted by Gasteiger charge is 2.07. The monoisotopic (exact) mass is 308 g/mol. The Balaban J connectivity index is 2.14. The summed E-state index contributed by atoms with van der Waals surface area (Å²) in [6, 6.07) is 10.6. The Hall–Kier alpha value is -1.37. The molecular formula is C14H16N2O2S2. The maximum absolute atomic E-state index is 11.4. The third kappa shape index (κ3) is 3.82. The molecule has 2 rings (SSSR count). The maximum atomic E-state index is 11.4. The standard InChI is InChI=1S/C14H16N2O2S2/c1-10(15)11-3-8-14(16-9-11)19-12-4-6-13(7-5-12)20(2,17)18/h3-10H,15H2,1-2H3/t10-/m1/s1. The summed E-state index contributed by atoms with van der Waals surface area (Å²) >= 11 is 1.48. The van der Waals surface area contributed by atoms with Crippen molar-refractivity contribution in [2.75, 3.05) is 6.26 Å². The van der Waals surface area contributed by atoms with E-state index in [1.165, 1.54) is 18.0 Å². The summed E-state index contributed by atoms with van der Waals surface area (Å²) in [6.45, 7) is 1.91. The highest BCUT2D eigenvalue weighted by molar-refractivity contribution is 7.99. The summed E-state index contributed by atoms with van der Waals surface area (Å²) in [4.78, 5) is 5.60. The molecule has 2 aromatic rings. The summed E-state index contributed by atoms with van der Waals surface area (Å²) in [7, 11) is -3.15. The first-order valence-corrected chi connectivity index (χ1v) is 8.76. The number of hydrogen-bond donors (Lipinski definition) is 1. The van der Waals surface area contributed by atoms with Crippen molar-refractivity contribution in [2.45, 2.75) is 27.8 Å². The van der Waals surface area contributed by atoms with Crippen LogP contribution >= 0.6 is 11.8 Å². The number of rotatable bonds is 4. The van der Waals surface area contributed by atoms with E-state index in [4.69, 9.17) is 5.73 Å². The van der Waals surface area contributed by atoms with Crippen LogP contribution in [0.1, 0.15) is 18.5 Å². The average molecular weight is 308 g/mol. The lowest BCUT2D eigenvalue weighted by Gasteiger charge is -2.06. The molecular weight excluding hydrogens is 292 g/mol. The Kier molecular flexibility index (Phi) is 4.47. The van der Waals surface area contributed by atoms with Gasteiger partial charge in [0.25, 0.3) is 0 Å². The highest BCUT2D eigenvalue weighted by atomic mass is 32.2. The van der Waals surface area contributed by atoms with Gasteiger partial charge in [0.2, 0.25) is 0 Å². The molecule has 0 fully saturated rings. The molecule has 4 nitrogen and oxygen atoms in total. The summed E-state index contributed by atoms with van der Waals surface area (Å²) in [5.74, 6) is 0. The van der Waals surface area contributed by atoms with Crippen molar-refractivity contribution in [1.29, 1.82) is 0 Å². The van der Waals surface area contributed by atoms with Crippen molar-refractivity contribution >= 4 is 21.6 Å². The van der Waals surface area contributed by atoms with E-state index in [0.717, 1.165) is 15.5 Å². The molecule has 0 amide bonds. The SMILES string of the molecule is C[C@@H](N)c1ccc(Sc2ccc(S(C)(=O)=O)cc2)nc1. The third-order valence-electron chi connectivity index (χ3n) is 2.76. The second kappa shape index (κ2) is 5.95. The van der Waals surface area contributed by atoms with Crippen LogP contribution in [0.15, 0.2) is 57.4 Å². The predicted molar refractivity (Wildman–Crippen MR) is 80.5 cm³/mol. The Labute approximate surface area is 123 Å². The first-order valence-electron chi connectivity index (χ1n) is 6.06. The predicted octanol–water partition coefficient (Wildman–Crippen LogP) is 2.66. The molecule has 1 atom stereocenters. The van der Waals surface area contributed by atoms with Gasteiger partial charge in [-0.05, 0) is 42.8 Å². The van der Waals surface area contributed by atoms with E-state index in [1.54, 1.807) is 30.5 Å². The van der Waals surface area contributed by atoms with Crippen LogP contribution in [0.5, 0.6) is 0 Å². The lowest BCUT2D eigenvalue weighted by Crippen LogP contribution is -2.04. The van der Waals surface area contributed by atoms with Gasteiger partial charge in [-0.1, -0.05) is 17.8 Å². The van der Waals surface area contributed by atoms with Crippen LogP contribution in [0, 0.1) is 0 Å². The number of benzene rings is 1. The van der Waals surface area contributed by atoms with Gasteiger partial charge < -0.3 is 5.73 Å². The fourth-order valence-electron chi connectivity index (χ4n) is 1.60. The van der Waals surface area contributed by atoms with E-state index < -0.39 is 9.84 Å². The number of pyridine rings is 1. The van der Waals surface area contributed by atoms with Gasteiger partial charge in [0.15, 0.2) is 9.84 Å². The minimum Gasteiger partial charge on any atom is -0.324 e. The van der Waals surface area contributed by atoms with Gasteiger partial charge in [-0.25, -0.2) is 13.4 Å². The third-order valence-corrected chi connectivity index (χ3v) is 4.85. The molecule has 0 unspecified atom stereocenters. The van der Waals surface area contributed by atoms with Crippen LogP contribution in [0.25, 0.3) is 0 Å². The topological polar surface area (TPSA) is 73.1 Å². The Morgan fingerprint density at radius 1 is 1.15 bits per heavy atom. The molecule has 1 aromatic heterocycles. The quantitative estimate of drug-likeness (QED) is 0.940. The molecule has 0 aliphatic carbocycles. The molecule has 0 bridgehead atoms. The summed E-state index contributed by atoms with van der Waals surface area (Å²) in [5.41, 5.74) is 6.76. The van der Waals surface area contributed by atoms with Gasteiger partial charge in [-0.2, -0.15) is 0 Å². The summed E-state index contributed by atoms with van der Waals surface area (Å²) in [6.07, 6.45) is 2.96. The van der Waals surface area contributed by atoms with E-state index in [-0.39, 0.29) is 6.04 Å². The van der Waals surface area contributed by atoms with E-state index >= 15 is 0 Å². The van der Waals surface area contributed by atoms with Gasteiger partial charge in [0, 0.05) is 23.4 Å². The van der Waals surface area contributed by atoms with Crippen molar-refractivity contribution in [2.24, 2.45) is 5.73 Å². The Morgan fingerprint density at radius 2 is 1.80 bits per heavy atom. The van der Waals surface area contributed by atoms with Crippen molar-refractivity contribution in [3.63, 3.8) is 0 Å². The fourth-order valence-corrected chi connectivity index (χ4v) is 2.98. The van der Waals surface area contributed by atoms with E-state index in [1.807, 2.05) is 19.1 Å². The maximum Gasteiger partial charge on any atom is 0.175 e. The van der Waals surface area contributed by atoms with Gasteiger partial charge >= 0.3 is 0 Å². The van der Waals surface area contributed by atoms with Crippen molar-refractivity contribution in [1.82, 2.24) is 4.98 Å².